The van der Waals surface area contributed by atoms with Gasteiger partial charge >= 0.3 is 5.97 Å². The van der Waals surface area contributed by atoms with E-state index in [-0.39, 0.29) is 17.1 Å². The fraction of sp³-hybridized carbons (Fsp3) is 0. The molecule has 0 aliphatic carbocycles. The van der Waals surface area contributed by atoms with E-state index in [2.05, 4.69) is 31.9 Å². The highest BCUT2D eigenvalue weighted by molar-refractivity contribution is 9.10. The van der Waals surface area contributed by atoms with Gasteiger partial charge in [-0.2, -0.15) is 0 Å². The molecule has 2 aromatic carbocycles. The van der Waals surface area contributed by atoms with Gasteiger partial charge in [0.2, 0.25) is 0 Å². The molecule has 0 bridgehead atoms. The average molecular weight is 390 g/mol. The smallest absolute Gasteiger partial charge is 0.340 e. The highest BCUT2D eigenvalue weighted by atomic mass is 79.9. The minimum Gasteiger partial charge on any atom is -0.478 e. The average Bonchev–Trinajstić information content (AvgIpc) is 2.33. The van der Waals surface area contributed by atoms with Gasteiger partial charge < -0.3 is 9.84 Å². The Labute approximate surface area is 125 Å². The topological polar surface area (TPSA) is 46.5 Å². The second-order valence-corrected chi connectivity index (χ2v) is 5.36. The number of benzene rings is 2. The first kappa shape index (κ1) is 14.0. The van der Waals surface area contributed by atoms with Crippen LogP contribution in [0.4, 0.5) is 4.39 Å². The van der Waals surface area contributed by atoms with Gasteiger partial charge in [-0.05, 0) is 46.3 Å². The number of halogens is 3. The van der Waals surface area contributed by atoms with Crippen LogP contribution in [0.3, 0.4) is 0 Å². The molecular weight excluding hydrogens is 383 g/mol. The first-order chi connectivity index (χ1) is 8.99. The summed E-state index contributed by atoms with van der Waals surface area (Å²) in [5.74, 6) is -1.70. The van der Waals surface area contributed by atoms with Gasteiger partial charge in [-0.3, -0.25) is 0 Å². The van der Waals surface area contributed by atoms with Crippen LogP contribution in [-0.2, 0) is 0 Å². The first-order valence-electron chi connectivity index (χ1n) is 5.13. The lowest BCUT2D eigenvalue weighted by molar-refractivity contribution is 0.0693. The minimum absolute atomic E-state index is 0.0463. The molecule has 2 rings (SSSR count). The number of carboxylic acids is 1. The van der Waals surface area contributed by atoms with E-state index in [1.54, 1.807) is 12.1 Å². The van der Waals surface area contributed by atoms with E-state index in [1.807, 2.05) is 0 Å². The fourth-order valence-corrected chi connectivity index (χ4v) is 2.33. The Morgan fingerprint density at radius 3 is 2.58 bits per heavy atom. The van der Waals surface area contributed by atoms with Crippen LogP contribution in [-0.4, -0.2) is 11.1 Å². The van der Waals surface area contributed by atoms with Gasteiger partial charge in [0.25, 0.3) is 0 Å². The molecule has 1 N–H and O–H groups in total. The number of ether oxygens (including phenoxy) is 1. The second kappa shape index (κ2) is 5.71. The van der Waals surface area contributed by atoms with Crippen molar-refractivity contribution in [3.63, 3.8) is 0 Å². The highest BCUT2D eigenvalue weighted by Gasteiger charge is 2.17. The summed E-state index contributed by atoms with van der Waals surface area (Å²) in [7, 11) is 0. The van der Waals surface area contributed by atoms with Crippen molar-refractivity contribution in [2.75, 3.05) is 0 Å². The van der Waals surface area contributed by atoms with Gasteiger partial charge in [0.1, 0.15) is 11.3 Å². The van der Waals surface area contributed by atoms with Gasteiger partial charge in [-0.15, -0.1) is 0 Å². The largest absolute Gasteiger partial charge is 0.478 e. The van der Waals surface area contributed by atoms with Crippen LogP contribution in [0.15, 0.2) is 45.3 Å². The van der Waals surface area contributed by atoms with E-state index in [1.165, 1.54) is 24.3 Å². The van der Waals surface area contributed by atoms with Crippen molar-refractivity contribution in [3.05, 3.63) is 56.7 Å². The maximum absolute atomic E-state index is 13.6. The molecule has 2 aromatic rings. The number of hydrogen-bond donors (Lipinski definition) is 1. The quantitative estimate of drug-likeness (QED) is 0.816. The van der Waals surface area contributed by atoms with Gasteiger partial charge in [0.05, 0.1) is 0 Å². The van der Waals surface area contributed by atoms with E-state index in [4.69, 9.17) is 9.84 Å². The Balaban J connectivity index is 2.46. The lowest BCUT2D eigenvalue weighted by atomic mass is 10.2. The fourth-order valence-electron chi connectivity index (χ4n) is 1.47. The monoisotopic (exact) mass is 388 g/mol. The minimum atomic E-state index is -1.15. The van der Waals surface area contributed by atoms with Gasteiger partial charge in [-0.25, -0.2) is 9.18 Å². The molecular formula is C13H7Br2FO3. The van der Waals surface area contributed by atoms with Crippen molar-refractivity contribution in [1.82, 2.24) is 0 Å². The van der Waals surface area contributed by atoms with E-state index in [9.17, 15) is 9.18 Å². The van der Waals surface area contributed by atoms with Crippen molar-refractivity contribution in [2.24, 2.45) is 0 Å². The Hall–Kier alpha value is -1.40. The van der Waals surface area contributed by atoms with Crippen LogP contribution in [0.5, 0.6) is 11.5 Å². The number of hydrogen-bond acceptors (Lipinski definition) is 2. The van der Waals surface area contributed by atoms with Crippen molar-refractivity contribution in [3.8, 4) is 11.5 Å². The Morgan fingerprint density at radius 2 is 1.89 bits per heavy atom. The molecule has 98 valence electrons. The summed E-state index contributed by atoms with van der Waals surface area (Å²) in [4.78, 5) is 11.2. The number of carbonyl (C=O) groups is 1. The molecule has 0 heterocycles. The molecule has 19 heavy (non-hydrogen) atoms. The van der Waals surface area contributed by atoms with E-state index in [0.717, 1.165) is 0 Å². The first-order valence-corrected chi connectivity index (χ1v) is 6.72. The zero-order valence-corrected chi connectivity index (χ0v) is 12.5. The third-order valence-electron chi connectivity index (χ3n) is 2.30. The van der Waals surface area contributed by atoms with Gasteiger partial charge in [0, 0.05) is 8.95 Å². The lowest BCUT2D eigenvalue weighted by Gasteiger charge is -2.10. The number of rotatable bonds is 3. The predicted octanol–water partition coefficient (Wildman–Crippen LogP) is 4.84. The van der Waals surface area contributed by atoms with E-state index in [0.29, 0.717) is 8.95 Å². The van der Waals surface area contributed by atoms with Crippen molar-refractivity contribution >= 4 is 37.8 Å². The van der Waals surface area contributed by atoms with Crippen molar-refractivity contribution < 1.29 is 19.0 Å². The normalized spacial score (nSPS) is 10.3. The predicted molar refractivity (Wildman–Crippen MR) is 75.3 cm³/mol. The summed E-state index contributed by atoms with van der Waals surface area (Å²) in [6, 6.07) is 8.85. The molecule has 0 spiro atoms. The zero-order valence-electron chi connectivity index (χ0n) is 9.36. The van der Waals surface area contributed by atoms with Gasteiger partial charge in [0.15, 0.2) is 11.6 Å². The number of aromatic carboxylic acids is 1. The SMILES string of the molecule is O=C(O)c1c(Br)cccc1Oc1cc(Br)ccc1F. The molecule has 3 nitrogen and oxygen atoms in total. The van der Waals surface area contributed by atoms with Crippen molar-refractivity contribution in [2.45, 2.75) is 0 Å². The van der Waals surface area contributed by atoms with Crippen LogP contribution in [0, 0.1) is 5.82 Å². The number of carboxylic acid groups (broad SMARTS) is 1. The summed E-state index contributed by atoms with van der Waals surface area (Å²) in [5.41, 5.74) is -0.0538. The second-order valence-electron chi connectivity index (χ2n) is 3.59. The third-order valence-corrected chi connectivity index (χ3v) is 3.46. The highest BCUT2D eigenvalue weighted by Crippen LogP contribution is 2.33. The van der Waals surface area contributed by atoms with Crippen LogP contribution in [0.2, 0.25) is 0 Å². The van der Waals surface area contributed by atoms with Crippen LogP contribution >= 0.6 is 31.9 Å². The Morgan fingerprint density at radius 1 is 1.16 bits per heavy atom. The molecule has 6 heteroatoms. The van der Waals surface area contributed by atoms with E-state index >= 15 is 0 Å². The maximum Gasteiger partial charge on any atom is 0.340 e. The molecule has 0 amide bonds. The summed E-state index contributed by atoms with van der Waals surface area (Å²) in [6.45, 7) is 0. The third kappa shape index (κ3) is 3.13. The van der Waals surface area contributed by atoms with E-state index < -0.39 is 11.8 Å². The molecule has 0 saturated carbocycles. The summed E-state index contributed by atoms with van der Waals surface area (Å²) < 4.78 is 19.9. The molecule has 0 aliphatic heterocycles. The van der Waals surface area contributed by atoms with Crippen LogP contribution < -0.4 is 4.74 Å². The maximum atomic E-state index is 13.6. The molecule has 0 saturated heterocycles. The summed E-state index contributed by atoms with van der Waals surface area (Å²) >= 11 is 6.33. The van der Waals surface area contributed by atoms with Crippen LogP contribution in [0.1, 0.15) is 10.4 Å². The zero-order chi connectivity index (χ0) is 14.0. The Kier molecular flexibility index (Phi) is 4.21. The molecule has 0 atom stereocenters. The molecule has 0 aliphatic rings. The summed E-state index contributed by atoms with van der Waals surface area (Å²) in [6.07, 6.45) is 0. The van der Waals surface area contributed by atoms with Gasteiger partial charge in [-0.1, -0.05) is 22.0 Å². The molecule has 0 unspecified atom stereocenters. The lowest BCUT2D eigenvalue weighted by Crippen LogP contribution is -2.01. The summed E-state index contributed by atoms with van der Waals surface area (Å²) in [5, 5.41) is 9.14. The standard InChI is InChI=1S/C13H7Br2FO3/c14-7-4-5-9(16)11(6-7)19-10-3-1-2-8(15)12(10)13(17)18/h1-6H,(H,17,18). The molecule has 0 aromatic heterocycles. The van der Waals surface area contributed by atoms with Crippen LogP contribution in [0.25, 0.3) is 0 Å². The van der Waals surface area contributed by atoms with Crippen molar-refractivity contribution in [1.29, 1.82) is 0 Å². The molecule has 0 fully saturated rings. The Bertz CT molecular complexity index is 644. The molecule has 0 radical (unpaired) electrons.